The summed E-state index contributed by atoms with van der Waals surface area (Å²) in [7, 11) is 0. The van der Waals surface area contributed by atoms with E-state index in [1.165, 1.54) is 12.1 Å². The van der Waals surface area contributed by atoms with Crippen molar-refractivity contribution in [1.29, 1.82) is 0 Å². The zero-order chi connectivity index (χ0) is 19.9. The smallest absolute Gasteiger partial charge is 0.222 e. The average molecular weight is 394 g/mol. The Kier molecular flexibility index (Phi) is 7.79. The number of aliphatic hydroxyl groups is 1. The van der Waals surface area contributed by atoms with Gasteiger partial charge >= 0.3 is 0 Å². The van der Waals surface area contributed by atoms with Crippen molar-refractivity contribution < 1.29 is 23.8 Å². The zero-order valence-electron chi connectivity index (χ0n) is 16.5. The Morgan fingerprint density at radius 3 is 3.00 bits per heavy atom. The van der Waals surface area contributed by atoms with Gasteiger partial charge in [0.1, 0.15) is 5.82 Å². The van der Waals surface area contributed by atoms with Crippen LogP contribution in [0.25, 0.3) is 0 Å². The third-order valence-electron chi connectivity index (χ3n) is 5.35. The van der Waals surface area contributed by atoms with Crippen LogP contribution in [0.5, 0.6) is 0 Å². The Labute approximate surface area is 166 Å². The fourth-order valence-corrected chi connectivity index (χ4v) is 4.04. The lowest BCUT2D eigenvalue weighted by atomic mass is 9.94. The molecule has 2 saturated heterocycles. The number of amides is 1. The van der Waals surface area contributed by atoms with Gasteiger partial charge in [-0.25, -0.2) is 4.39 Å². The molecule has 0 aliphatic carbocycles. The van der Waals surface area contributed by atoms with Crippen molar-refractivity contribution in [2.24, 2.45) is 0 Å². The van der Waals surface area contributed by atoms with Gasteiger partial charge in [0.25, 0.3) is 0 Å². The van der Waals surface area contributed by atoms with Gasteiger partial charge in [-0.15, -0.1) is 0 Å². The van der Waals surface area contributed by atoms with Gasteiger partial charge < -0.3 is 19.9 Å². The number of carbonyl (C=O) groups excluding carboxylic acids is 1. The van der Waals surface area contributed by atoms with E-state index in [9.17, 15) is 14.3 Å². The van der Waals surface area contributed by atoms with Crippen molar-refractivity contribution in [3.05, 3.63) is 35.6 Å². The van der Waals surface area contributed by atoms with Crippen molar-refractivity contribution >= 4 is 5.91 Å². The lowest BCUT2D eigenvalue weighted by Crippen LogP contribution is -2.55. The van der Waals surface area contributed by atoms with Gasteiger partial charge in [-0.1, -0.05) is 19.1 Å². The predicted molar refractivity (Wildman–Crippen MR) is 103 cm³/mol. The number of nitrogens with zero attached hydrogens (tertiary/aromatic N) is 1. The third kappa shape index (κ3) is 5.98. The topological polar surface area (TPSA) is 71.0 Å². The number of ether oxygens (including phenoxy) is 2. The molecule has 2 aliphatic rings. The number of nitrogens with one attached hydrogen (secondary N) is 1. The van der Waals surface area contributed by atoms with E-state index in [1.54, 1.807) is 6.07 Å². The lowest BCUT2D eigenvalue weighted by molar-refractivity contribution is -0.158. The van der Waals surface area contributed by atoms with E-state index in [0.29, 0.717) is 32.7 Å². The van der Waals surface area contributed by atoms with Gasteiger partial charge in [0, 0.05) is 25.7 Å². The molecule has 0 saturated carbocycles. The maximum atomic E-state index is 13.6. The highest BCUT2D eigenvalue weighted by atomic mass is 19.1. The summed E-state index contributed by atoms with van der Waals surface area (Å²) >= 11 is 0. The minimum Gasteiger partial charge on any atom is -0.389 e. The Balaban J connectivity index is 1.65. The number of benzene rings is 1. The van der Waals surface area contributed by atoms with Crippen LogP contribution in [0, 0.1) is 5.82 Å². The van der Waals surface area contributed by atoms with Crippen molar-refractivity contribution in [3.63, 3.8) is 0 Å². The summed E-state index contributed by atoms with van der Waals surface area (Å²) in [5.41, 5.74) is 0.869. The Hall–Kier alpha value is -1.54. The second kappa shape index (κ2) is 10.3. The van der Waals surface area contributed by atoms with Crippen molar-refractivity contribution in [3.8, 4) is 0 Å². The number of carbonyl (C=O) groups is 1. The van der Waals surface area contributed by atoms with Crippen LogP contribution in [0.4, 0.5) is 4.39 Å². The van der Waals surface area contributed by atoms with Crippen molar-refractivity contribution in [2.45, 2.75) is 63.5 Å². The number of β-amino-alcohol motifs (C(OH)–C–C–N with tert-alkyl or cyclic N) is 1. The highest BCUT2D eigenvalue weighted by molar-refractivity contribution is 5.76. The molecular weight excluding hydrogens is 363 g/mol. The maximum Gasteiger partial charge on any atom is 0.222 e. The zero-order valence-corrected chi connectivity index (χ0v) is 16.5. The number of aliphatic hydroxyl groups excluding tert-OH is 1. The number of rotatable bonds is 6. The minimum absolute atomic E-state index is 0.0177. The predicted octanol–water partition coefficient (Wildman–Crippen LogP) is 1.85. The molecule has 2 fully saturated rings. The first-order valence-electron chi connectivity index (χ1n) is 10.2. The van der Waals surface area contributed by atoms with Crippen LogP contribution < -0.4 is 5.32 Å². The average Bonchev–Trinajstić information content (AvgIpc) is 2.65. The molecule has 1 aromatic rings. The molecule has 3 rings (SSSR count). The van der Waals surface area contributed by atoms with Gasteiger partial charge in [0.05, 0.1) is 37.9 Å². The number of hydrogen-bond acceptors (Lipinski definition) is 5. The summed E-state index contributed by atoms with van der Waals surface area (Å²) in [6.45, 7) is 4.32. The Morgan fingerprint density at radius 1 is 1.36 bits per heavy atom. The second-order valence-corrected chi connectivity index (χ2v) is 7.75. The van der Waals surface area contributed by atoms with Crippen LogP contribution in [0.3, 0.4) is 0 Å². The highest BCUT2D eigenvalue weighted by Gasteiger charge is 2.38. The molecule has 4 atom stereocenters. The molecule has 6 nitrogen and oxygen atoms in total. The normalized spacial score (nSPS) is 28.8. The first kappa shape index (κ1) is 21.2. The lowest BCUT2D eigenvalue weighted by Gasteiger charge is -2.44. The number of fused-ring (bicyclic) bond motifs is 1. The Bertz CT molecular complexity index is 645. The SMILES string of the molecule is CCCNC(=O)C[C@@H]1CC[C@@H]2[C@H](COC[C@H](O)CN2Cc2cccc(F)c2)O1. The molecule has 0 unspecified atom stereocenters. The molecule has 2 aliphatic heterocycles. The number of halogens is 1. The van der Waals surface area contributed by atoms with E-state index < -0.39 is 6.10 Å². The van der Waals surface area contributed by atoms with Crippen LogP contribution in [0.15, 0.2) is 24.3 Å². The maximum absolute atomic E-state index is 13.6. The van der Waals surface area contributed by atoms with E-state index >= 15 is 0 Å². The molecule has 28 heavy (non-hydrogen) atoms. The summed E-state index contributed by atoms with van der Waals surface area (Å²) < 4.78 is 25.4. The fraction of sp³-hybridized carbons (Fsp3) is 0.667. The van der Waals surface area contributed by atoms with E-state index in [-0.39, 0.29) is 36.6 Å². The van der Waals surface area contributed by atoms with E-state index in [4.69, 9.17) is 9.47 Å². The molecule has 2 heterocycles. The largest absolute Gasteiger partial charge is 0.389 e. The summed E-state index contributed by atoms with van der Waals surface area (Å²) in [5, 5.41) is 13.1. The van der Waals surface area contributed by atoms with Gasteiger partial charge in [0.15, 0.2) is 0 Å². The molecule has 1 aromatic carbocycles. The quantitative estimate of drug-likeness (QED) is 0.771. The number of hydrogen-bond donors (Lipinski definition) is 2. The minimum atomic E-state index is -0.591. The molecule has 1 amide bonds. The van der Waals surface area contributed by atoms with Crippen LogP contribution in [-0.4, -0.2) is 66.6 Å². The van der Waals surface area contributed by atoms with Gasteiger partial charge in [-0.3, -0.25) is 9.69 Å². The first-order valence-corrected chi connectivity index (χ1v) is 10.2. The van der Waals surface area contributed by atoms with Crippen LogP contribution in [-0.2, 0) is 20.8 Å². The molecule has 0 aromatic heterocycles. The van der Waals surface area contributed by atoms with Crippen molar-refractivity contribution in [2.75, 3.05) is 26.3 Å². The van der Waals surface area contributed by atoms with E-state index in [1.807, 2.05) is 13.0 Å². The molecule has 156 valence electrons. The van der Waals surface area contributed by atoms with Gasteiger partial charge in [0.2, 0.25) is 5.91 Å². The molecule has 7 heteroatoms. The summed E-state index contributed by atoms with van der Waals surface area (Å²) in [6, 6.07) is 6.62. The monoisotopic (exact) mass is 394 g/mol. The van der Waals surface area contributed by atoms with Crippen LogP contribution in [0.2, 0.25) is 0 Å². The van der Waals surface area contributed by atoms with Crippen molar-refractivity contribution in [1.82, 2.24) is 10.2 Å². The highest BCUT2D eigenvalue weighted by Crippen LogP contribution is 2.28. The first-order chi connectivity index (χ1) is 13.5. The molecule has 0 spiro atoms. The Morgan fingerprint density at radius 2 is 2.21 bits per heavy atom. The van der Waals surface area contributed by atoms with E-state index in [0.717, 1.165) is 24.8 Å². The second-order valence-electron chi connectivity index (χ2n) is 7.75. The molecule has 0 bridgehead atoms. The summed E-state index contributed by atoms with van der Waals surface area (Å²) in [6.07, 6.45) is 2.01. The molecule has 0 radical (unpaired) electrons. The van der Waals surface area contributed by atoms with E-state index in [2.05, 4.69) is 10.2 Å². The van der Waals surface area contributed by atoms with Gasteiger partial charge in [-0.05, 0) is 37.0 Å². The third-order valence-corrected chi connectivity index (χ3v) is 5.35. The van der Waals surface area contributed by atoms with Crippen LogP contribution in [0.1, 0.15) is 38.2 Å². The summed E-state index contributed by atoms with van der Waals surface area (Å²) in [4.78, 5) is 14.2. The fourth-order valence-electron chi connectivity index (χ4n) is 4.04. The summed E-state index contributed by atoms with van der Waals surface area (Å²) in [5.74, 6) is -0.243. The standard InChI is InChI=1S/C21H31FN2O4/c1-2-8-23-21(26)10-18-6-7-19-20(28-18)14-27-13-17(25)12-24(19)11-15-4-3-5-16(22)9-15/h3-5,9,17-20,25H,2,6-8,10-14H2,1H3,(H,23,26)/t17-,18+,19-,20+/m1/s1. The van der Waals surface area contributed by atoms with Gasteiger partial charge in [-0.2, -0.15) is 0 Å². The molecule has 2 N–H and O–H groups in total. The van der Waals surface area contributed by atoms with Crippen LogP contribution >= 0.6 is 0 Å². The molecular formula is C21H31FN2O4.